The fourth-order valence-electron chi connectivity index (χ4n) is 3.34. The summed E-state index contributed by atoms with van der Waals surface area (Å²) in [7, 11) is 1.72. The Labute approximate surface area is 148 Å². The van der Waals surface area contributed by atoms with Crippen LogP contribution in [0.1, 0.15) is 24.2 Å². The minimum absolute atomic E-state index is 0.00633. The fourth-order valence-corrected chi connectivity index (χ4v) is 3.34. The Balaban J connectivity index is 1.61. The van der Waals surface area contributed by atoms with E-state index in [1.54, 1.807) is 16.8 Å². The van der Waals surface area contributed by atoms with E-state index >= 15 is 0 Å². The van der Waals surface area contributed by atoms with E-state index in [-0.39, 0.29) is 17.9 Å². The second kappa shape index (κ2) is 7.09. The summed E-state index contributed by atoms with van der Waals surface area (Å²) >= 11 is 0. The van der Waals surface area contributed by atoms with Crippen LogP contribution in [0.3, 0.4) is 0 Å². The number of amides is 2. The third-order valence-electron chi connectivity index (χ3n) is 4.75. The van der Waals surface area contributed by atoms with Gasteiger partial charge >= 0.3 is 0 Å². The SMILES string of the molecule is Cc1cc(C)n(CCC(=O)N(C)[C@@H]2CCN(c3ccccc3)C2=O)n1. The molecule has 132 valence electrons. The van der Waals surface area contributed by atoms with Gasteiger partial charge in [0.15, 0.2) is 0 Å². The van der Waals surface area contributed by atoms with Crippen LogP contribution < -0.4 is 4.90 Å². The Bertz CT molecular complexity index is 769. The van der Waals surface area contributed by atoms with Gasteiger partial charge in [0, 0.05) is 37.9 Å². The highest BCUT2D eigenvalue weighted by Gasteiger charge is 2.36. The average Bonchev–Trinajstić information content (AvgIpc) is 3.14. The first-order valence-electron chi connectivity index (χ1n) is 8.60. The molecule has 1 aliphatic rings. The lowest BCUT2D eigenvalue weighted by Gasteiger charge is -2.24. The lowest BCUT2D eigenvalue weighted by molar-refractivity contribution is -0.136. The summed E-state index contributed by atoms with van der Waals surface area (Å²) in [6, 6.07) is 11.2. The number of para-hydroxylation sites is 1. The Hall–Kier alpha value is -2.63. The number of nitrogens with zero attached hydrogens (tertiary/aromatic N) is 4. The highest BCUT2D eigenvalue weighted by atomic mass is 16.2. The van der Waals surface area contributed by atoms with Gasteiger partial charge in [0.25, 0.3) is 0 Å². The van der Waals surface area contributed by atoms with E-state index in [1.165, 1.54) is 0 Å². The molecule has 0 radical (unpaired) electrons. The van der Waals surface area contributed by atoms with Gasteiger partial charge in [-0.15, -0.1) is 0 Å². The molecule has 1 aromatic heterocycles. The van der Waals surface area contributed by atoms with Crippen molar-refractivity contribution in [1.82, 2.24) is 14.7 Å². The largest absolute Gasteiger partial charge is 0.334 e. The smallest absolute Gasteiger partial charge is 0.249 e. The number of aromatic nitrogens is 2. The van der Waals surface area contributed by atoms with Crippen LogP contribution in [-0.2, 0) is 16.1 Å². The van der Waals surface area contributed by atoms with Crippen LogP contribution in [0.15, 0.2) is 36.4 Å². The van der Waals surface area contributed by atoms with Crippen molar-refractivity contribution in [3.8, 4) is 0 Å². The number of anilines is 1. The number of aryl methyl sites for hydroxylation is 3. The number of carbonyl (C=O) groups excluding carboxylic acids is 2. The van der Waals surface area contributed by atoms with Gasteiger partial charge in [-0.25, -0.2) is 0 Å². The summed E-state index contributed by atoms with van der Waals surface area (Å²) in [6.07, 6.45) is 1.00. The topological polar surface area (TPSA) is 58.4 Å². The zero-order valence-corrected chi connectivity index (χ0v) is 15.0. The van der Waals surface area contributed by atoms with Gasteiger partial charge in [-0.05, 0) is 38.5 Å². The third kappa shape index (κ3) is 3.57. The molecule has 6 heteroatoms. The molecule has 0 unspecified atom stereocenters. The molecule has 0 spiro atoms. The molecule has 6 nitrogen and oxygen atoms in total. The minimum atomic E-state index is -0.381. The Morgan fingerprint density at radius 1 is 1.28 bits per heavy atom. The highest BCUT2D eigenvalue weighted by Crippen LogP contribution is 2.24. The maximum absolute atomic E-state index is 12.7. The first-order chi connectivity index (χ1) is 12.0. The first-order valence-corrected chi connectivity index (χ1v) is 8.60. The van der Waals surface area contributed by atoms with Crippen molar-refractivity contribution in [3.63, 3.8) is 0 Å². The number of hydrogen-bond acceptors (Lipinski definition) is 3. The molecule has 1 atom stereocenters. The summed E-state index contributed by atoms with van der Waals surface area (Å²) in [4.78, 5) is 28.6. The van der Waals surface area contributed by atoms with Crippen molar-refractivity contribution < 1.29 is 9.59 Å². The van der Waals surface area contributed by atoms with Gasteiger partial charge in [-0.3, -0.25) is 14.3 Å². The molecule has 3 rings (SSSR count). The lowest BCUT2D eigenvalue weighted by atomic mass is 10.2. The molecule has 0 saturated carbocycles. The number of carbonyl (C=O) groups is 2. The summed E-state index contributed by atoms with van der Waals surface area (Å²) in [5.41, 5.74) is 2.88. The van der Waals surface area contributed by atoms with Crippen molar-refractivity contribution in [2.75, 3.05) is 18.5 Å². The maximum atomic E-state index is 12.7. The summed E-state index contributed by atoms with van der Waals surface area (Å²) in [6.45, 7) is 5.09. The number of likely N-dealkylation sites (N-methyl/N-ethyl adjacent to an activating group) is 1. The molecule has 25 heavy (non-hydrogen) atoms. The van der Waals surface area contributed by atoms with Crippen LogP contribution in [0, 0.1) is 13.8 Å². The normalized spacial score (nSPS) is 17.2. The van der Waals surface area contributed by atoms with Crippen LogP contribution in [0.25, 0.3) is 0 Å². The number of benzene rings is 1. The molecule has 1 aliphatic heterocycles. The molecule has 1 aromatic carbocycles. The van der Waals surface area contributed by atoms with Gasteiger partial charge < -0.3 is 9.80 Å². The van der Waals surface area contributed by atoms with Gasteiger partial charge in [-0.1, -0.05) is 18.2 Å². The van der Waals surface area contributed by atoms with E-state index in [1.807, 2.05) is 54.9 Å². The predicted octanol–water partition coefficient (Wildman–Crippen LogP) is 2.15. The van der Waals surface area contributed by atoms with E-state index < -0.39 is 0 Å². The van der Waals surface area contributed by atoms with Crippen molar-refractivity contribution >= 4 is 17.5 Å². The summed E-state index contributed by atoms with van der Waals surface area (Å²) < 4.78 is 1.84. The second-order valence-corrected chi connectivity index (χ2v) is 6.53. The standard InChI is InChI=1S/C19H24N4O2/c1-14-13-15(2)23(20-14)12-10-18(24)21(3)17-9-11-22(19(17)25)16-7-5-4-6-8-16/h4-8,13,17H,9-12H2,1-3H3/t17-/m1/s1. The summed E-state index contributed by atoms with van der Waals surface area (Å²) in [5, 5.41) is 4.38. The molecule has 0 N–H and O–H groups in total. The molecule has 2 heterocycles. The summed E-state index contributed by atoms with van der Waals surface area (Å²) in [5.74, 6) is -0.0334. The van der Waals surface area contributed by atoms with Gasteiger partial charge in [0.1, 0.15) is 6.04 Å². The van der Waals surface area contributed by atoms with Gasteiger partial charge in [-0.2, -0.15) is 5.10 Å². The Morgan fingerprint density at radius 3 is 2.64 bits per heavy atom. The number of hydrogen-bond donors (Lipinski definition) is 0. The van der Waals surface area contributed by atoms with E-state index in [9.17, 15) is 9.59 Å². The third-order valence-corrected chi connectivity index (χ3v) is 4.75. The minimum Gasteiger partial charge on any atom is -0.334 e. The van der Waals surface area contributed by atoms with E-state index in [2.05, 4.69) is 5.10 Å². The van der Waals surface area contributed by atoms with Crippen molar-refractivity contribution in [3.05, 3.63) is 47.8 Å². The Kier molecular flexibility index (Phi) is 4.88. The maximum Gasteiger partial charge on any atom is 0.249 e. The second-order valence-electron chi connectivity index (χ2n) is 6.53. The van der Waals surface area contributed by atoms with E-state index in [0.29, 0.717) is 25.9 Å². The lowest BCUT2D eigenvalue weighted by Crippen LogP contribution is -2.43. The van der Waals surface area contributed by atoms with Crippen LogP contribution in [-0.4, -0.2) is 46.1 Å². The zero-order valence-electron chi connectivity index (χ0n) is 15.0. The fraction of sp³-hybridized carbons (Fsp3) is 0.421. The highest BCUT2D eigenvalue weighted by molar-refractivity contribution is 6.01. The first kappa shape index (κ1) is 17.2. The zero-order chi connectivity index (χ0) is 18.0. The number of rotatable bonds is 5. The van der Waals surface area contributed by atoms with Crippen molar-refractivity contribution in [1.29, 1.82) is 0 Å². The molecular formula is C19H24N4O2. The van der Waals surface area contributed by atoms with Gasteiger partial charge in [0.05, 0.1) is 5.69 Å². The molecule has 1 saturated heterocycles. The molecule has 0 aliphatic carbocycles. The quantitative estimate of drug-likeness (QED) is 0.838. The van der Waals surface area contributed by atoms with Gasteiger partial charge in [0.2, 0.25) is 11.8 Å². The molecular weight excluding hydrogens is 316 g/mol. The average molecular weight is 340 g/mol. The van der Waals surface area contributed by atoms with Crippen LogP contribution >= 0.6 is 0 Å². The van der Waals surface area contributed by atoms with E-state index in [4.69, 9.17) is 0 Å². The van der Waals surface area contributed by atoms with Crippen molar-refractivity contribution in [2.45, 2.75) is 39.3 Å². The van der Waals surface area contributed by atoms with Crippen LogP contribution in [0.5, 0.6) is 0 Å². The van der Waals surface area contributed by atoms with Crippen molar-refractivity contribution in [2.24, 2.45) is 0 Å². The van der Waals surface area contributed by atoms with E-state index in [0.717, 1.165) is 17.1 Å². The van der Waals surface area contributed by atoms with Crippen LogP contribution in [0.4, 0.5) is 5.69 Å². The molecule has 2 amide bonds. The Morgan fingerprint density at radius 2 is 2.00 bits per heavy atom. The molecule has 1 fully saturated rings. The monoisotopic (exact) mass is 340 g/mol. The predicted molar refractivity (Wildman–Crippen MR) is 96.3 cm³/mol. The molecule has 0 bridgehead atoms. The van der Waals surface area contributed by atoms with Crippen LogP contribution in [0.2, 0.25) is 0 Å². The molecule has 2 aromatic rings.